The van der Waals surface area contributed by atoms with Gasteiger partial charge in [0.2, 0.25) is 5.91 Å². The minimum atomic E-state index is -0.838. The molecule has 0 aliphatic heterocycles. The zero-order valence-corrected chi connectivity index (χ0v) is 14.3. The van der Waals surface area contributed by atoms with E-state index in [9.17, 15) is 9.59 Å². The number of benzene rings is 2. The van der Waals surface area contributed by atoms with Crippen LogP contribution in [0.25, 0.3) is 0 Å². The third-order valence-electron chi connectivity index (χ3n) is 4.85. The zero-order chi connectivity index (χ0) is 17.9. The summed E-state index contributed by atoms with van der Waals surface area (Å²) in [6, 6.07) is 16.0. The molecule has 1 fully saturated rings. The van der Waals surface area contributed by atoms with Crippen LogP contribution in [-0.4, -0.2) is 18.5 Å². The molecule has 0 radical (unpaired) electrons. The van der Waals surface area contributed by atoms with Crippen LogP contribution >= 0.6 is 0 Å². The van der Waals surface area contributed by atoms with Crippen molar-refractivity contribution in [1.29, 1.82) is 0 Å². The summed E-state index contributed by atoms with van der Waals surface area (Å²) in [7, 11) is 0. The highest BCUT2D eigenvalue weighted by molar-refractivity contribution is 5.87. The van der Waals surface area contributed by atoms with Crippen molar-refractivity contribution in [3.8, 4) is 0 Å². The summed E-state index contributed by atoms with van der Waals surface area (Å²) < 4.78 is 0. The number of carbonyl (C=O) groups excluding carboxylic acids is 2. The van der Waals surface area contributed by atoms with E-state index in [1.54, 1.807) is 12.1 Å². The van der Waals surface area contributed by atoms with E-state index < -0.39 is 11.9 Å². The molecule has 1 aliphatic carbocycles. The second kappa shape index (κ2) is 6.97. The van der Waals surface area contributed by atoms with E-state index in [4.69, 9.17) is 5.73 Å². The molecule has 1 unspecified atom stereocenters. The van der Waals surface area contributed by atoms with Gasteiger partial charge in [-0.2, -0.15) is 0 Å². The molecule has 5 heteroatoms. The molecule has 130 valence electrons. The highest BCUT2D eigenvalue weighted by atomic mass is 16.2. The van der Waals surface area contributed by atoms with Gasteiger partial charge in [0, 0.05) is 12.0 Å². The second-order valence-electron chi connectivity index (χ2n) is 6.67. The maximum absolute atomic E-state index is 12.3. The molecule has 0 spiro atoms. The van der Waals surface area contributed by atoms with Gasteiger partial charge in [-0.05, 0) is 36.5 Å². The number of nitrogens with two attached hydrogens (primary N) is 1. The first-order valence-corrected chi connectivity index (χ1v) is 8.47. The molecule has 0 saturated heterocycles. The normalized spacial score (nSPS) is 15.9. The summed E-state index contributed by atoms with van der Waals surface area (Å²) in [5.41, 5.74) is 8.64. The van der Waals surface area contributed by atoms with Gasteiger partial charge >= 0.3 is 6.03 Å². The Labute approximate surface area is 147 Å². The number of hydrogen-bond acceptors (Lipinski definition) is 2. The molecule has 0 bridgehead atoms. The van der Waals surface area contributed by atoms with E-state index in [-0.39, 0.29) is 11.4 Å². The Morgan fingerprint density at radius 1 is 1.08 bits per heavy atom. The summed E-state index contributed by atoms with van der Waals surface area (Å²) in [5, 5.41) is 5.58. The van der Waals surface area contributed by atoms with Gasteiger partial charge in [0.25, 0.3) is 0 Å². The monoisotopic (exact) mass is 337 g/mol. The van der Waals surface area contributed by atoms with Crippen LogP contribution in [0.1, 0.15) is 35.6 Å². The maximum atomic E-state index is 12.3. The van der Waals surface area contributed by atoms with Gasteiger partial charge in [0.15, 0.2) is 0 Å². The standard InChI is InChI=1S/C20H23N3O2/c1-14-7-5-6-10-16(14)20(11-12-20)13-22-19(25)23-17(18(21)24)15-8-3-2-4-9-15/h2-10,17H,11-13H2,1H3,(H2,21,24)(H2,22,23,25). The zero-order valence-electron chi connectivity index (χ0n) is 14.3. The van der Waals surface area contributed by atoms with E-state index in [0.29, 0.717) is 12.1 Å². The Morgan fingerprint density at radius 3 is 2.32 bits per heavy atom. The van der Waals surface area contributed by atoms with Crippen LogP contribution in [0.3, 0.4) is 0 Å². The molecule has 2 aromatic rings. The Hall–Kier alpha value is -2.82. The van der Waals surface area contributed by atoms with Crippen molar-refractivity contribution >= 4 is 11.9 Å². The molecule has 0 heterocycles. The van der Waals surface area contributed by atoms with Crippen LogP contribution in [0.15, 0.2) is 54.6 Å². The molecule has 1 saturated carbocycles. The molecule has 3 rings (SSSR count). The molecule has 25 heavy (non-hydrogen) atoms. The minimum Gasteiger partial charge on any atom is -0.368 e. The summed E-state index contributed by atoms with van der Waals surface area (Å²) in [6.45, 7) is 2.64. The Balaban J connectivity index is 1.63. The van der Waals surface area contributed by atoms with Crippen LogP contribution in [0.4, 0.5) is 4.79 Å². The molecule has 2 aromatic carbocycles. The number of aryl methyl sites for hydroxylation is 1. The van der Waals surface area contributed by atoms with Crippen LogP contribution in [-0.2, 0) is 10.2 Å². The third-order valence-corrected chi connectivity index (χ3v) is 4.85. The summed E-state index contributed by atoms with van der Waals surface area (Å²) in [4.78, 5) is 24.0. The number of primary amides is 1. The van der Waals surface area contributed by atoms with E-state index >= 15 is 0 Å². The van der Waals surface area contributed by atoms with Crippen molar-refractivity contribution < 1.29 is 9.59 Å². The number of amides is 3. The van der Waals surface area contributed by atoms with Crippen molar-refractivity contribution in [1.82, 2.24) is 10.6 Å². The first-order chi connectivity index (χ1) is 12.0. The van der Waals surface area contributed by atoms with Gasteiger partial charge in [-0.15, -0.1) is 0 Å². The van der Waals surface area contributed by atoms with Gasteiger partial charge in [-0.3, -0.25) is 4.79 Å². The summed E-state index contributed by atoms with van der Waals surface area (Å²) in [6.07, 6.45) is 2.10. The number of rotatable bonds is 6. The predicted molar refractivity (Wildman–Crippen MR) is 97.0 cm³/mol. The van der Waals surface area contributed by atoms with Crippen molar-refractivity contribution in [2.75, 3.05) is 6.54 Å². The van der Waals surface area contributed by atoms with Crippen molar-refractivity contribution in [3.05, 3.63) is 71.3 Å². The topological polar surface area (TPSA) is 84.2 Å². The molecule has 5 nitrogen and oxygen atoms in total. The molecule has 1 atom stereocenters. The van der Waals surface area contributed by atoms with E-state index in [2.05, 4.69) is 29.7 Å². The average Bonchev–Trinajstić information content (AvgIpc) is 3.40. The van der Waals surface area contributed by atoms with Gasteiger partial charge in [-0.1, -0.05) is 54.6 Å². The first-order valence-electron chi connectivity index (χ1n) is 8.47. The van der Waals surface area contributed by atoms with Gasteiger partial charge in [0.05, 0.1) is 0 Å². The Kier molecular flexibility index (Phi) is 4.74. The molecular formula is C20H23N3O2. The third kappa shape index (κ3) is 3.82. The van der Waals surface area contributed by atoms with Gasteiger partial charge in [0.1, 0.15) is 6.04 Å². The lowest BCUT2D eigenvalue weighted by Crippen LogP contribution is -2.45. The van der Waals surface area contributed by atoms with Crippen molar-refractivity contribution in [2.24, 2.45) is 5.73 Å². The van der Waals surface area contributed by atoms with Crippen LogP contribution < -0.4 is 16.4 Å². The predicted octanol–water partition coefficient (Wildman–Crippen LogP) is 2.55. The van der Waals surface area contributed by atoms with E-state index in [1.807, 2.05) is 30.3 Å². The second-order valence-corrected chi connectivity index (χ2v) is 6.67. The fraction of sp³-hybridized carbons (Fsp3) is 0.300. The average molecular weight is 337 g/mol. The lowest BCUT2D eigenvalue weighted by atomic mass is 9.92. The van der Waals surface area contributed by atoms with Gasteiger partial charge in [-0.25, -0.2) is 4.79 Å². The lowest BCUT2D eigenvalue weighted by molar-refractivity contribution is -0.119. The molecule has 4 N–H and O–H groups in total. The maximum Gasteiger partial charge on any atom is 0.315 e. The number of nitrogens with one attached hydrogen (secondary N) is 2. The van der Waals surface area contributed by atoms with Crippen LogP contribution in [0.5, 0.6) is 0 Å². The largest absolute Gasteiger partial charge is 0.368 e. The molecular weight excluding hydrogens is 314 g/mol. The number of urea groups is 1. The number of hydrogen-bond donors (Lipinski definition) is 3. The quantitative estimate of drug-likeness (QED) is 0.757. The molecule has 1 aliphatic rings. The highest BCUT2D eigenvalue weighted by Gasteiger charge is 2.45. The molecule has 3 amide bonds. The minimum absolute atomic E-state index is 0.0116. The van der Waals surface area contributed by atoms with Crippen LogP contribution in [0, 0.1) is 6.92 Å². The highest BCUT2D eigenvalue weighted by Crippen LogP contribution is 2.48. The molecule has 0 aromatic heterocycles. The van der Waals surface area contributed by atoms with Gasteiger partial charge < -0.3 is 16.4 Å². The van der Waals surface area contributed by atoms with Crippen molar-refractivity contribution in [2.45, 2.75) is 31.2 Å². The Morgan fingerprint density at radius 2 is 1.72 bits per heavy atom. The lowest BCUT2D eigenvalue weighted by Gasteiger charge is -2.21. The smallest absolute Gasteiger partial charge is 0.315 e. The Bertz CT molecular complexity index is 770. The van der Waals surface area contributed by atoms with E-state index in [0.717, 1.165) is 12.8 Å². The summed E-state index contributed by atoms with van der Waals surface area (Å²) >= 11 is 0. The number of carbonyl (C=O) groups is 2. The van der Waals surface area contributed by atoms with Crippen molar-refractivity contribution in [3.63, 3.8) is 0 Å². The van der Waals surface area contributed by atoms with E-state index in [1.165, 1.54) is 11.1 Å². The fourth-order valence-corrected chi connectivity index (χ4v) is 3.26. The first kappa shape index (κ1) is 17.0. The SMILES string of the molecule is Cc1ccccc1C1(CNC(=O)NC(C(N)=O)c2ccccc2)CC1. The van der Waals surface area contributed by atoms with Crippen LogP contribution in [0.2, 0.25) is 0 Å². The fourth-order valence-electron chi connectivity index (χ4n) is 3.26. The summed E-state index contributed by atoms with van der Waals surface area (Å²) in [5.74, 6) is -0.582.